The van der Waals surface area contributed by atoms with Crippen molar-refractivity contribution in [3.05, 3.63) is 52.1 Å². The number of non-ortho nitro benzene ring substituents is 1. The minimum absolute atomic E-state index is 0.0113. The molecule has 0 aliphatic rings. The van der Waals surface area contributed by atoms with Crippen LogP contribution in [0.2, 0.25) is 0 Å². The number of rotatable bonds is 4. The molecule has 2 rings (SSSR count). The van der Waals surface area contributed by atoms with Gasteiger partial charge >= 0.3 is 5.91 Å². The van der Waals surface area contributed by atoms with E-state index in [1.54, 1.807) is 0 Å². The lowest BCUT2D eigenvalue weighted by Gasteiger charge is -1.95. The molecule has 1 heterocycles. The van der Waals surface area contributed by atoms with E-state index in [9.17, 15) is 14.9 Å². The smallest absolute Gasteiger partial charge is 0.264 e. The van der Waals surface area contributed by atoms with Crippen LogP contribution < -0.4 is 5.43 Å². The minimum Gasteiger partial charge on any atom is -0.264 e. The van der Waals surface area contributed by atoms with Crippen molar-refractivity contribution in [2.24, 2.45) is 5.10 Å². The summed E-state index contributed by atoms with van der Waals surface area (Å²) in [7, 11) is 0. The topological polar surface area (TPSA) is 126 Å². The van der Waals surface area contributed by atoms with Crippen molar-refractivity contribution in [3.63, 3.8) is 0 Å². The minimum atomic E-state index is -0.532. The molecule has 1 aromatic carbocycles. The Hall–Kier alpha value is -3.10. The quantitative estimate of drug-likeness (QED) is 0.469. The fourth-order valence-corrected chi connectivity index (χ4v) is 1.22. The molecular formula is C10H8N6O3. The van der Waals surface area contributed by atoms with Gasteiger partial charge in [0.2, 0.25) is 5.82 Å². The molecular weight excluding hydrogens is 252 g/mol. The normalized spacial score (nSPS) is 10.5. The van der Waals surface area contributed by atoms with Crippen LogP contribution in [0.5, 0.6) is 0 Å². The molecule has 0 bridgehead atoms. The Morgan fingerprint density at radius 3 is 2.74 bits per heavy atom. The second kappa shape index (κ2) is 5.49. The van der Waals surface area contributed by atoms with E-state index in [1.807, 2.05) is 0 Å². The van der Waals surface area contributed by atoms with Crippen LogP contribution in [0.4, 0.5) is 5.69 Å². The summed E-state index contributed by atoms with van der Waals surface area (Å²) in [5.41, 5.74) is 2.84. The van der Waals surface area contributed by atoms with Crippen molar-refractivity contribution in [2.45, 2.75) is 0 Å². The summed E-state index contributed by atoms with van der Waals surface area (Å²) in [4.78, 5) is 25.0. The van der Waals surface area contributed by atoms with Crippen molar-refractivity contribution >= 4 is 17.8 Å². The van der Waals surface area contributed by atoms with E-state index in [1.165, 1.54) is 36.8 Å². The zero-order valence-electron chi connectivity index (χ0n) is 9.48. The van der Waals surface area contributed by atoms with E-state index in [4.69, 9.17) is 0 Å². The van der Waals surface area contributed by atoms with Crippen LogP contribution in [0.25, 0.3) is 0 Å². The Morgan fingerprint density at radius 1 is 1.42 bits per heavy atom. The van der Waals surface area contributed by atoms with Gasteiger partial charge < -0.3 is 0 Å². The van der Waals surface area contributed by atoms with E-state index >= 15 is 0 Å². The Kier molecular flexibility index (Phi) is 3.57. The van der Waals surface area contributed by atoms with Crippen LogP contribution in [-0.4, -0.2) is 32.2 Å². The maximum Gasteiger partial charge on any atom is 0.308 e. The van der Waals surface area contributed by atoms with Crippen LogP contribution in [-0.2, 0) is 0 Å². The molecule has 2 N–H and O–H groups in total. The fourth-order valence-electron chi connectivity index (χ4n) is 1.22. The van der Waals surface area contributed by atoms with E-state index < -0.39 is 10.8 Å². The summed E-state index contributed by atoms with van der Waals surface area (Å²) in [6.45, 7) is 0. The summed E-state index contributed by atoms with van der Waals surface area (Å²) < 4.78 is 0. The zero-order chi connectivity index (χ0) is 13.7. The Balaban J connectivity index is 1.95. The summed E-state index contributed by atoms with van der Waals surface area (Å²) in [6, 6.07) is 5.73. The molecule has 0 unspecified atom stereocenters. The second-order valence-electron chi connectivity index (χ2n) is 3.38. The highest BCUT2D eigenvalue weighted by Gasteiger charge is 2.06. The lowest BCUT2D eigenvalue weighted by molar-refractivity contribution is -0.384. The molecule has 0 aliphatic carbocycles. The standard InChI is InChI=1S/C10H8N6O3/c17-10(9-11-6-13-14-9)15-12-5-7-1-3-8(4-2-7)16(18)19/h1-6H,(H,15,17)(H,11,13,14)/b12-5-. The third-order valence-electron chi connectivity index (χ3n) is 2.11. The lowest BCUT2D eigenvalue weighted by atomic mass is 10.2. The average molecular weight is 260 g/mol. The molecule has 0 aliphatic heterocycles. The van der Waals surface area contributed by atoms with Gasteiger partial charge in [-0.15, -0.1) is 0 Å². The molecule has 0 atom stereocenters. The fraction of sp³-hybridized carbons (Fsp3) is 0. The van der Waals surface area contributed by atoms with E-state index in [2.05, 4.69) is 25.7 Å². The van der Waals surface area contributed by atoms with Crippen LogP contribution in [0.1, 0.15) is 16.2 Å². The first kappa shape index (κ1) is 12.4. The van der Waals surface area contributed by atoms with Gasteiger partial charge in [-0.2, -0.15) is 10.2 Å². The van der Waals surface area contributed by atoms with E-state index in [0.29, 0.717) is 5.56 Å². The number of hydrogen-bond donors (Lipinski definition) is 2. The third kappa shape index (κ3) is 3.19. The predicted octanol–water partition coefficient (Wildman–Crippen LogP) is 0.477. The highest BCUT2D eigenvalue weighted by Crippen LogP contribution is 2.10. The number of aromatic amines is 1. The van der Waals surface area contributed by atoms with Gasteiger partial charge in [-0.3, -0.25) is 20.0 Å². The first-order chi connectivity index (χ1) is 9.16. The molecule has 1 amide bonds. The largest absolute Gasteiger partial charge is 0.308 e. The molecule has 19 heavy (non-hydrogen) atoms. The molecule has 96 valence electrons. The number of hydrazone groups is 1. The van der Waals surface area contributed by atoms with Gasteiger partial charge in [0.1, 0.15) is 6.33 Å². The van der Waals surface area contributed by atoms with Gasteiger partial charge in [0.05, 0.1) is 11.1 Å². The van der Waals surface area contributed by atoms with Gasteiger partial charge in [-0.1, -0.05) is 0 Å². The van der Waals surface area contributed by atoms with Crippen LogP contribution in [0, 0.1) is 10.1 Å². The molecule has 9 nitrogen and oxygen atoms in total. The molecule has 9 heteroatoms. The molecule has 0 saturated carbocycles. The number of amides is 1. The maximum absolute atomic E-state index is 11.4. The van der Waals surface area contributed by atoms with Crippen molar-refractivity contribution < 1.29 is 9.72 Å². The molecule has 1 aromatic heterocycles. The number of nitrogens with zero attached hydrogens (tertiary/aromatic N) is 4. The van der Waals surface area contributed by atoms with Crippen molar-refractivity contribution in [1.82, 2.24) is 20.6 Å². The molecule has 2 aromatic rings. The van der Waals surface area contributed by atoms with Crippen LogP contribution in [0.15, 0.2) is 35.7 Å². The molecule has 0 radical (unpaired) electrons. The highest BCUT2D eigenvalue weighted by molar-refractivity contribution is 5.91. The highest BCUT2D eigenvalue weighted by atomic mass is 16.6. The van der Waals surface area contributed by atoms with Gasteiger partial charge in [-0.25, -0.2) is 10.4 Å². The Morgan fingerprint density at radius 2 is 2.16 bits per heavy atom. The first-order valence-electron chi connectivity index (χ1n) is 5.10. The molecule has 0 fully saturated rings. The van der Waals surface area contributed by atoms with Crippen molar-refractivity contribution in [3.8, 4) is 0 Å². The van der Waals surface area contributed by atoms with Gasteiger partial charge in [0.25, 0.3) is 5.69 Å². The Labute approximate surface area is 106 Å². The number of hydrogen-bond acceptors (Lipinski definition) is 6. The zero-order valence-corrected chi connectivity index (χ0v) is 9.48. The van der Waals surface area contributed by atoms with Gasteiger partial charge in [0, 0.05) is 12.1 Å². The number of carbonyl (C=O) groups excluding carboxylic acids is 1. The molecule has 0 saturated heterocycles. The summed E-state index contributed by atoms with van der Waals surface area (Å²) in [5, 5.41) is 20.0. The van der Waals surface area contributed by atoms with Crippen molar-refractivity contribution in [2.75, 3.05) is 0 Å². The number of H-pyrrole nitrogens is 1. The number of benzene rings is 1. The Bertz CT molecular complexity index is 605. The monoisotopic (exact) mass is 260 g/mol. The third-order valence-corrected chi connectivity index (χ3v) is 2.11. The number of nitro groups is 1. The number of aromatic nitrogens is 3. The van der Waals surface area contributed by atoms with E-state index in [-0.39, 0.29) is 11.5 Å². The summed E-state index contributed by atoms with van der Waals surface area (Å²) in [5.74, 6) is -0.489. The van der Waals surface area contributed by atoms with Gasteiger partial charge in [-0.05, 0) is 17.7 Å². The van der Waals surface area contributed by atoms with Crippen LogP contribution in [0.3, 0.4) is 0 Å². The summed E-state index contributed by atoms with van der Waals surface area (Å²) in [6.07, 6.45) is 2.56. The first-order valence-corrected chi connectivity index (χ1v) is 5.10. The summed E-state index contributed by atoms with van der Waals surface area (Å²) >= 11 is 0. The average Bonchev–Trinajstić information content (AvgIpc) is 2.93. The van der Waals surface area contributed by atoms with Gasteiger partial charge in [0.15, 0.2) is 0 Å². The van der Waals surface area contributed by atoms with Crippen molar-refractivity contribution in [1.29, 1.82) is 0 Å². The van der Waals surface area contributed by atoms with E-state index in [0.717, 1.165) is 0 Å². The molecule has 0 spiro atoms. The number of nitro benzene ring substituents is 1. The SMILES string of the molecule is O=C(N/N=C\c1ccc([N+](=O)[O-])cc1)c1ncn[nH]1. The lowest BCUT2D eigenvalue weighted by Crippen LogP contribution is -2.19. The van der Waals surface area contributed by atoms with Crippen LogP contribution >= 0.6 is 0 Å². The predicted molar refractivity (Wildman–Crippen MR) is 64.5 cm³/mol. The number of nitrogens with one attached hydrogen (secondary N) is 2. The number of carbonyl (C=O) groups is 1. The second-order valence-corrected chi connectivity index (χ2v) is 3.38. The maximum atomic E-state index is 11.4.